The molecule has 0 saturated carbocycles. The Hall–Kier alpha value is -1.31. The molecule has 19 heavy (non-hydrogen) atoms. The van der Waals surface area contributed by atoms with Gasteiger partial charge in [0.05, 0.1) is 17.3 Å². The summed E-state index contributed by atoms with van der Waals surface area (Å²) in [5.74, 6) is -1.18. The number of amides is 2. The number of hydrogen-bond donors (Lipinski definition) is 3. The van der Waals surface area contributed by atoms with E-state index >= 15 is 0 Å². The first-order chi connectivity index (χ1) is 8.93. The summed E-state index contributed by atoms with van der Waals surface area (Å²) >= 11 is 9.14. The maximum absolute atomic E-state index is 11.7. The molecule has 0 spiro atoms. The lowest BCUT2D eigenvalue weighted by atomic mass is 10.3. The molecule has 1 rings (SSSR count). The van der Waals surface area contributed by atoms with Crippen LogP contribution >= 0.6 is 27.5 Å². The Bertz CT molecular complexity index is 484. The molecule has 1 aromatic carbocycles. The summed E-state index contributed by atoms with van der Waals surface area (Å²) in [5.41, 5.74) is 0.370. The summed E-state index contributed by atoms with van der Waals surface area (Å²) in [6.07, 6.45) is 0. The first-order valence-corrected chi connectivity index (χ1v) is 6.35. The zero-order valence-electron chi connectivity index (χ0n) is 9.94. The number of urea groups is 1. The van der Waals surface area contributed by atoms with Crippen LogP contribution in [-0.4, -0.2) is 36.9 Å². The van der Waals surface area contributed by atoms with E-state index in [1.54, 1.807) is 18.2 Å². The lowest BCUT2D eigenvalue weighted by Gasteiger charge is -2.14. The Balaban J connectivity index is 2.68. The molecule has 1 atom stereocenters. The SMILES string of the molecule is COCC(NC(=O)Nc1cc(Br)ccc1Cl)C(=O)O. The van der Waals surface area contributed by atoms with E-state index in [1.165, 1.54) is 7.11 Å². The standard InChI is InChI=1S/C11H12BrClN2O4/c1-19-5-9(10(16)17)15-11(18)14-8-4-6(12)2-3-7(8)13/h2-4,9H,5H2,1H3,(H,16,17)(H2,14,15,18). The molecule has 0 fully saturated rings. The number of carboxylic acid groups (broad SMARTS) is 1. The normalized spacial score (nSPS) is 11.7. The molecular weight excluding hydrogens is 339 g/mol. The van der Waals surface area contributed by atoms with Crippen molar-refractivity contribution in [2.24, 2.45) is 0 Å². The number of anilines is 1. The van der Waals surface area contributed by atoms with Gasteiger partial charge < -0.3 is 20.5 Å². The molecule has 0 heterocycles. The fourth-order valence-electron chi connectivity index (χ4n) is 1.25. The molecule has 104 valence electrons. The van der Waals surface area contributed by atoms with Gasteiger partial charge in [-0.25, -0.2) is 9.59 Å². The lowest BCUT2D eigenvalue weighted by Crippen LogP contribution is -2.45. The van der Waals surface area contributed by atoms with Crippen LogP contribution in [0.2, 0.25) is 5.02 Å². The van der Waals surface area contributed by atoms with Gasteiger partial charge in [0.25, 0.3) is 0 Å². The van der Waals surface area contributed by atoms with Crippen molar-refractivity contribution in [2.45, 2.75) is 6.04 Å². The minimum atomic E-state index is -1.18. The molecule has 2 amide bonds. The highest BCUT2D eigenvalue weighted by Gasteiger charge is 2.19. The minimum absolute atomic E-state index is 0.130. The predicted octanol–water partition coefficient (Wildman–Crippen LogP) is 2.32. The van der Waals surface area contributed by atoms with Crippen LogP contribution in [0.3, 0.4) is 0 Å². The molecule has 0 saturated heterocycles. The molecule has 8 heteroatoms. The monoisotopic (exact) mass is 350 g/mol. The van der Waals surface area contributed by atoms with Gasteiger partial charge in [-0.2, -0.15) is 0 Å². The Kier molecular flexibility index (Phi) is 6.07. The molecule has 0 aromatic heterocycles. The van der Waals surface area contributed by atoms with Gasteiger partial charge in [-0.05, 0) is 18.2 Å². The number of benzene rings is 1. The molecule has 1 unspecified atom stereocenters. The summed E-state index contributed by atoms with van der Waals surface area (Å²) < 4.78 is 5.44. The predicted molar refractivity (Wildman–Crippen MR) is 74.6 cm³/mol. The Morgan fingerprint density at radius 2 is 2.21 bits per heavy atom. The third-order valence-corrected chi connectivity index (χ3v) is 2.94. The molecular formula is C11H12BrClN2O4. The summed E-state index contributed by atoms with van der Waals surface area (Å²) in [6, 6.07) is 3.12. The van der Waals surface area contributed by atoms with Crippen LogP contribution in [0.15, 0.2) is 22.7 Å². The van der Waals surface area contributed by atoms with E-state index in [9.17, 15) is 9.59 Å². The number of halogens is 2. The van der Waals surface area contributed by atoms with Crippen molar-refractivity contribution < 1.29 is 19.4 Å². The molecule has 0 aliphatic heterocycles. The second-order valence-corrected chi connectivity index (χ2v) is 4.89. The van der Waals surface area contributed by atoms with E-state index in [0.717, 1.165) is 4.47 Å². The number of methoxy groups -OCH3 is 1. The van der Waals surface area contributed by atoms with Crippen molar-refractivity contribution in [3.05, 3.63) is 27.7 Å². The maximum atomic E-state index is 11.7. The second kappa shape index (κ2) is 7.32. The smallest absolute Gasteiger partial charge is 0.328 e. The van der Waals surface area contributed by atoms with Crippen molar-refractivity contribution in [3.8, 4) is 0 Å². The summed E-state index contributed by atoms with van der Waals surface area (Å²) in [6.45, 7) is -0.130. The van der Waals surface area contributed by atoms with Gasteiger partial charge in [0, 0.05) is 11.6 Å². The number of nitrogens with one attached hydrogen (secondary N) is 2. The van der Waals surface area contributed by atoms with Crippen LogP contribution in [0.5, 0.6) is 0 Å². The summed E-state index contributed by atoms with van der Waals surface area (Å²) in [7, 11) is 1.35. The fourth-order valence-corrected chi connectivity index (χ4v) is 1.78. The molecule has 3 N–H and O–H groups in total. The van der Waals surface area contributed by atoms with Crippen LogP contribution < -0.4 is 10.6 Å². The number of rotatable bonds is 5. The highest BCUT2D eigenvalue weighted by Crippen LogP contribution is 2.25. The topological polar surface area (TPSA) is 87.7 Å². The third-order valence-electron chi connectivity index (χ3n) is 2.11. The average Bonchev–Trinajstić information content (AvgIpc) is 2.33. The van der Waals surface area contributed by atoms with Gasteiger partial charge in [0.1, 0.15) is 0 Å². The van der Waals surface area contributed by atoms with Crippen molar-refractivity contribution in [3.63, 3.8) is 0 Å². The molecule has 0 radical (unpaired) electrons. The van der Waals surface area contributed by atoms with Crippen molar-refractivity contribution >= 4 is 45.2 Å². The number of ether oxygens (including phenoxy) is 1. The van der Waals surface area contributed by atoms with E-state index in [0.29, 0.717) is 10.7 Å². The van der Waals surface area contributed by atoms with Crippen LogP contribution in [-0.2, 0) is 9.53 Å². The third kappa shape index (κ3) is 5.06. The van der Waals surface area contributed by atoms with E-state index in [1.807, 2.05) is 0 Å². The molecule has 1 aromatic rings. The molecule has 6 nitrogen and oxygen atoms in total. The molecule has 0 bridgehead atoms. The summed E-state index contributed by atoms with van der Waals surface area (Å²) in [5, 5.41) is 13.9. The van der Waals surface area contributed by atoms with E-state index < -0.39 is 18.0 Å². The van der Waals surface area contributed by atoms with E-state index in [4.69, 9.17) is 21.4 Å². The largest absolute Gasteiger partial charge is 0.480 e. The zero-order chi connectivity index (χ0) is 14.4. The van der Waals surface area contributed by atoms with Crippen LogP contribution in [0.1, 0.15) is 0 Å². The molecule has 0 aliphatic rings. The zero-order valence-corrected chi connectivity index (χ0v) is 12.3. The number of carbonyl (C=O) groups is 2. The van der Waals surface area contributed by atoms with E-state index in [-0.39, 0.29) is 6.61 Å². The van der Waals surface area contributed by atoms with Gasteiger partial charge in [-0.3, -0.25) is 0 Å². The lowest BCUT2D eigenvalue weighted by molar-refractivity contribution is -0.140. The van der Waals surface area contributed by atoms with Crippen molar-refractivity contribution in [2.75, 3.05) is 19.0 Å². The van der Waals surface area contributed by atoms with Crippen LogP contribution in [0.25, 0.3) is 0 Å². The number of carboxylic acids is 1. The maximum Gasteiger partial charge on any atom is 0.328 e. The second-order valence-electron chi connectivity index (χ2n) is 3.57. The summed E-state index contributed by atoms with van der Waals surface area (Å²) in [4.78, 5) is 22.5. The Morgan fingerprint density at radius 3 is 2.79 bits per heavy atom. The van der Waals surface area contributed by atoms with Gasteiger partial charge in [-0.1, -0.05) is 27.5 Å². The number of hydrogen-bond acceptors (Lipinski definition) is 3. The number of aliphatic carboxylic acids is 1. The van der Waals surface area contributed by atoms with Crippen molar-refractivity contribution in [1.82, 2.24) is 5.32 Å². The average molecular weight is 352 g/mol. The Morgan fingerprint density at radius 1 is 1.53 bits per heavy atom. The molecule has 0 aliphatic carbocycles. The first kappa shape index (κ1) is 15.7. The van der Waals surface area contributed by atoms with Gasteiger partial charge in [0.15, 0.2) is 6.04 Å². The van der Waals surface area contributed by atoms with Gasteiger partial charge >= 0.3 is 12.0 Å². The fraction of sp³-hybridized carbons (Fsp3) is 0.273. The highest BCUT2D eigenvalue weighted by atomic mass is 79.9. The van der Waals surface area contributed by atoms with Crippen molar-refractivity contribution in [1.29, 1.82) is 0 Å². The van der Waals surface area contributed by atoms with Gasteiger partial charge in [-0.15, -0.1) is 0 Å². The van der Waals surface area contributed by atoms with Crippen LogP contribution in [0.4, 0.5) is 10.5 Å². The highest BCUT2D eigenvalue weighted by molar-refractivity contribution is 9.10. The Labute approximate surface area is 123 Å². The first-order valence-electron chi connectivity index (χ1n) is 5.18. The van der Waals surface area contributed by atoms with Gasteiger partial charge in [0.2, 0.25) is 0 Å². The number of carbonyl (C=O) groups excluding carboxylic acids is 1. The minimum Gasteiger partial charge on any atom is -0.480 e. The van der Waals surface area contributed by atoms with Crippen LogP contribution in [0, 0.1) is 0 Å². The quantitative estimate of drug-likeness (QED) is 0.760. The van der Waals surface area contributed by atoms with E-state index in [2.05, 4.69) is 26.6 Å².